The summed E-state index contributed by atoms with van der Waals surface area (Å²) >= 11 is 0. The van der Waals surface area contributed by atoms with Crippen LogP contribution in [0.5, 0.6) is 17.5 Å². The van der Waals surface area contributed by atoms with Gasteiger partial charge in [0.1, 0.15) is 18.2 Å². The van der Waals surface area contributed by atoms with Gasteiger partial charge in [0.15, 0.2) is 5.75 Å². The largest absolute Gasteiger partial charge is 0.474 e. The SMILES string of the molecule is Cc1nc(N)ccc1Oc1ncnc(OC2CCN(C(=O)OC(C)C)CC2)c1C. The fourth-order valence-corrected chi connectivity index (χ4v) is 3.01. The summed E-state index contributed by atoms with van der Waals surface area (Å²) in [5.74, 6) is 1.88. The lowest BCUT2D eigenvalue weighted by Gasteiger charge is -2.31. The van der Waals surface area contributed by atoms with Crippen molar-refractivity contribution in [2.75, 3.05) is 18.8 Å². The van der Waals surface area contributed by atoms with Crippen LogP contribution in [0, 0.1) is 13.8 Å². The molecule has 0 unspecified atom stereocenters. The smallest absolute Gasteiger partial charge is 0.410 e. The van der Waals surface area contributed by atoms with E-state index in [-0.39, 0.29) is 18.3 Å². The molecule has 3 heterocycles. The van der Waals surface area contributed by atoms with E-state index in [0.717, 1.165) is 0 Å². The van der Waals surface area contributed by atoms with Gasteiger partial charge >= 0.3 is 6.09 Å². The van der Waals surface area contributed by atoms with Gasteiger partial charge in [-0.2, -0.15) is 0 Å². The van der Waals surface area contributed by atoms with E-state index in [2.05, 4.69) is 15.0 Å². The maximum Gasteiger partial charge on any atom is 0.410 e. The average Bonchev–Trinajstić information content (AvgIpc) is 2.67. The molecule has 1 amide bonds. The van der Waals surface area contributed by atoms with Crippen molar-refractivity contribution in [1.82, 2.24) is 19.9 Å². The van der Waals surface area contributed by atoms with Crippen molar-refractivity contribution in [3.05, 3.63) is 29.7 Å². The number of rotatable bonds is 5. The minimum Gasteiger partial charge on any atom is -0.474 e. The summed E-state index contributed by atoms with van der Waals surface area (Å²) < 4.78 is 17.2. The predicted molar refractivity (Wildman–Crippen MR) is 107 cm³/mol. The second-order valence-corrected chi connectivity index (χ2v) is 7.27. The molecule has 9 heteroatoms. The van der Waals surface area contributed by atoms with Gasteiger partial charge in [-0.3, -0.25) is 0 Å². The van der Waals surface area contributed by atoms with Crippen molar-refractivity contribution in [1.29, 1.82) is 0 Å². The molecule has 0 atom stereocenters. The first-order valence-electron chi connectivity index (χ1n) is 9.68. The predicted octanol–water partition coefficient (Wildman–Crippen LogP) is 3.25. The molecule has 29 heavy (non-hydrogen) atoms. The van der Waals surface area contributed by atoms with Gasteiger partial charge in [-0.05, 0) is 39.8 Å². The second kappa shape index (κ2) is 8.93. The summed E-state index contributed by atoms with van der Waals surface area (Å²) in [6.07, 6.45) is 2.37. The van der Waals surface area contributed by atoms with Crippen molar-refractivity contribution >= 4 is 11.9 Å². The minimum atomic E-state index is -0.278. The first kappa shape index (κ1) is 20.6. The highest BCUT2D eigenvalue weighted by molar-refractivity contribution is 5.67. The van der Waals surface area contributed by atoms with Gasteiger partial charge in [-0.1, -0.05) is 0 Å². The van der Waals surface area contributed by atoms with Crippen LogP contribution in [0.3, 0.4) is 0 Å². The molecule has 1 fully saturated rings. The lowest BCUT2D eigenvalue weighted by molar-refractivity contribution is 0.0505. The zero-order valence-electron chi connectivity index (χ0n) is 17.2. The Hall–Kier alpha value is -3.10. The zero-order chi connectivity index (χ0) is 21.0. The third-order valence-electron chi connectivity index (χ3n) is 4.57. The fourth-order valence-electron chi connectivity index (χ4n) is 3.01. The van der Waals surface area contributed by atoms with Crippen LogP contribution >= 0.6 is 0 Å². The molecule has 156 valence electrons. The standard InChI is InChI=1S/C20H27N5O4/c1-12(2)27-20(26)25-9-7-15(8-10-25)28-18-13(3)19(23-11-22-18)29-16-5-6-17(21)24-14(16)4/h5-6,11-12,15H,7-10H2,1-4H3,(H2,21,24). The molecule has 1 saturated heterocycles. The highest BCUT2D eigenvalue weighted by Gasteiger charge is 2.26. The summed E-state index contributed by atoms with van der Waals surface area (Å²) in [4.78, 5) is 26.4. The van der Waals surface area contributed by atoms with Gasteiger partial charge in [-0.25, -0.2) is 19.7 Å². The molecule has 3 rings (SSSR count). The number of carbonyl (C=O) groups excluding carboxylic acids is 1. The highest BCUT2D eigenvalue weighted by Crippen LogP contribution is 2.30. The molecular weight excluding hydrogens is 374 g/mol. The summed E-state index contributed by atoms with van der Waals surface area (Å²) in [6.45, 7) is 8.51. The maximum atomic E-state index is 12.0. The van der Waals surface area contributed by atoms with Gasteiger partial charge < -0.3 is 24.8 Å². The molecule has 2 aromatic heterocycles. The molecule has 2 aromatic rings. The van der Waals surface area contributed by atoms with Gasteiger partial charge in [0, 0.05) is 25.9 Å². The van der Waals surface area contributed by atoms with Crippen LogP contribution in [0.4, 0.5) is 10.6 Å². The summed E-state index contributed by atoms with van der Waals surface area (Å²) in [6, 6.07) is 3.43. The Balaban J connectivity index is 1.62. The molecule has 0 aromatic carbocycles. The van der Waals surface area contributed by atoms with E-state index in [1.807, 2.05) is 27.7 Å². The van der Waals surface area contributed by atoms with Crippen molar-refractivity contribution in [2.45, 2.75) is 52.7 Å². The van der Waals surface area contributed by atoms with Gasteiger partial charge in [0.05, 0.1) is 17.4 Å². The molecule has 0 saturated carbocycles. The molecule has 0 bridgehead atoms. The Morgan fingerprint density at radius 1 is 1.17 bits per heavy atom. The second-order valence-electron chi connectivity index (χ2n) is 7.27. The quantitative estimate of drug-likeness (QED) is 0.812. The van der Waals surface area contributed by atoms with Crippen LogP contribution in [0.1, 0.15) is 37.9 Å². The zero-order valence-corrected chi connectivity index (χ0v) is 17.2. The van der Waals surface area contributed by atoms with E-state index in [1.54, 1.807) is 17.0 Å². The topological polar surface area (TPSA) is 113 Å². The number of piperidine rings is 1. The molecule has 0 spiro atoms. The number of likely N-dealkylation sites (tertiary alicyclic amines) is 1. The van der Waals surface area contributed by atoms with Gasteiger partial charge in [-0.15, -0.1) is 0 Å². The van der Waals surface area contributed by atoms with Gasteiger partial charge in [0.25, 0.3) is 0 Å². The monoisotopic (exact) mass is 401 g/mol. The number of pyridine rings is 1. The van der Waals surface area contributed by atoms with Crippen molar-refractivity contribution < 1.29 is 19.0 Å². The Bertz CT molecular complexity index is 866. The average molecular weight is 401 g/mol. The normalized spacial score (nSPS) is 14.7. The van der Waals surface area contributed by atoms with Crippen molar-refractivity contribution in [3.8, 4) is 17.5 Å². The van der Waals surface area contributed by atoms with E-state index in [0.29, 0.717) is 60.5 Å². The van der Waals surface area contributed by atoms with E-state index in [9.17, 15) is 4.79 Å². The Morgan fingerprint density at radius 3 is 2.52 bits per heavy atom. The van der Waals surface area contributed by atoms with Crippen LogP contribution in [0.15, 0.2) is 18.5 Å². The van der Waals surface area contributed by atoms with E-state index in [4.69, 9.17) is 19.9 Å². The number of carbonyl (C=O) groups is 1. The number of hydrogen-bond donors (Lipinski definition) is 1. The number of aromatic nitrogens is 3. The number of anilines is 1. The fraction of sp³-hybridized carbons (Fsp3) is 0.500. The third kappa shape index (κ3) is 5.24. The third-order valence-corrected chi connectivity index (χ3v) is 4.57. The van der Waals surface area contributed by atoms with Gasteiger partial charge in [0.2, 0.25) is 11.8 Å². The number of hydrogen-bond acceptors (Lipinski definition) is 8. The number of aryl methyl sites for hydroxylation is 1. The van der Waals surface area contributed by atoms with Crippen molar-refractivity contribution in [2.24, 2.45) is 0 Å². The Labute approximate surface area is 170 Å². The lowest BCUT2D eigenvalue weighted by atomic mass is 10.1. The van der Waals surface area contributed by atoms with E-state index < -0.39 is 0 Å². The molecule has 1 aliphatic rings. The van der Waals surface area contributed by atoms with E-state index >= 15 is 0 Å². The Kier molecular flexibility index (Phi) is 6.36. The summed E-state index contributed by atoms with van der Waals surface area (Å²) in [5, 5.41) is 0. The Morgan fingerprint density at radius 2 is 1.86 bits per heavy atom. The number of nitrogens with zero attached hydrogens (tertiary/aromatic N) is 4. The molecule has 9 nitrogen and oxygen atoms in total. The highest BCUT2D eigenvalue weighted by atomic mass is 16.6. The molecule has 0 radical (unpaired) electrons. The number of amides is 1. The lowest BCUT2D eigenvalue weighted by Crippen LogP contribution is -2.42. The minimum absolute atomic E-state index is 0.0422. The van der Waals surface area contributed by atoms with Crippen LogP contribution < -0.4 is 15.2 Å². The van der Waals surface area contributed by atoms with Crippen molar-refractivity contribution in [3.63, 3.8) is 0 Å². The van der Waals surface area contributed by atoms with E-state index in [1.165, 1.54) is 6.33 Å². The van der Waals surface area contributed by atoms with Crippen LogP contribution in [0.2, 0.25) is 0 Å². The van der Waals surface area contributed by atoms with Crippen LogP contribution in [-0.2, 0) is 4.74 Å². The molecule has 2 N–H and O–H groups in total. The first-order valence-corrected chi connectivity index (χ1v) is 9.68. The summed E-state index contributed by atoms with van der Waals surface area (Å²) in [7, 11) is 0. The van der Waals surface area contributed by atoms with Crippen LogP contribution in [0.25, 0.3) is 0 Å². The number of nitrogens with two attached hydrogens (primary N) is 1. The number of ether oxygens (including phenoxy) is 3. The first-order chi connectivity index (χ1) is 13.8. The molecule has 1 aliphatic heterocycles. The number of nitrogen functional groups attached to an aromatic ring is 1. The van der Waals surface area contributed by atoms with Crippen LogP contribution in [-0.4, -0.2) is 51.2 Å². The molecular formula is C20H27N5O4. The maximum absolute atomic E-state index is 12.0. The molecule has 0 aliphatic carbocycles. The summed E-state index contributed by atoms with van der Waals surface area (Å²) in [5.41, 5.74) is 7.06.